The second-order valence-electron chi connectivity index (χ2n) is 15.9. The van der Waals surface area contributed by atoms with Gasteiger partial charge in [-0.15, -0.1) is 0 Å². The smallest absolute Gasteiger partial charge is 0.128 e. The number of benzene rings is 10. The third-order valence-corrected chi connectivity index (χ3v) is 12.4. The number of ether oxygens (including phenoxy) is 2. The summed E-state index contributed by atoms with van der Waals surface area (Å²) in [6.45, 7) is 2.16. The van der Waals surface area contributed by atoms with Gasteiger partial charge in [0, 0.05) is 0 Å². The Balaban J connectivity index is 1.04. The molecule has 10 aromatic carbocycles. The molecule has 0 heterocycles. The van der Waals surface area contributed by atoms with Crippen LogP contribution in [0.25, 0.3) is 54.2 Å². The van der Waals surface area contributed by atoms with Crippen molar-refractivity contribution in [2.75, 3.05) is 7.11 Å². The van der Waals surface area contributed by atoms with Crippen LogP contribution in [0.2, 0.25) is 0 Å². The molecule has 1 unspecified atom stereocenters. The molecule has 0 saturated carbocycles. The summed E-state index contributed by atoms with van der Waals surface area (Å²) >= 11 is 0. The van der Waals surface area contributed by atoms with Crippen LogP contribution in [0.5, 0.6) is 17.2 Å². The summed E-state index contributed by atoms with van der Waals surface area (Å²) in [6, 6.07) is 69.4. The lowest BCUT2D eigenvalue weighted by atomic mass is 9.66. The van der Waals surface area contributed by atoms with Crippen molar-refractivity contribution in [2.45, 2.75) is 18.4 Å². The molecule has 0 radical (unpaired) electrons. The minimum Gasteiger partial charge on any atom is -0.497 e. The van der Waals surface area contributed by atoms with Gasteiger partial charge in [-0.25, -0.2) is 0 Å². The zero-order valence-electron chi connectivity index (χ0n) is 32.8. The first-order valence-electron chi connectivity index (χ1n) is 20.2. The van der Waals surface area contributed by atoms with Crippen LogP contribution in [0.1, 0.15) is 45.0 Å². The summed E-state index contributed by atoms with van der Waals surface area (Å²) in [6.07, 6.45) is -0.747. The molecule has 1 atom stereocenters. The molecule has 10 aromatic rings. The Morgan fingerprint density at radius 2 is 0.831 bits per heavy atom. The van der Waals surface area contributed by atoms with Crippen molar-refractivity contribution in [1.29, 1.82) is 0 Å². The molecule has 0 fully saturated rings. The molecule has 3 heteroatoms. The van der Waals surface area contributed by atoms with Crippen LogP contribution in [0.15, 0.2) is 194 Å². The SMILES string of the molecule is COc1ccc(C(O)c2ccc(Oc3ccc4cc(C5(c6ccc7cc(C)ccc7c6)c6cc7ccccc7cc6-c6cc7ccccc7cc65)ccc4c3)cc2)cc1. The number of aliphatic hydroxyl groups excluding tert-OH is 1. The first kappa shape index (κ1) is 35.0. The van der Waals surface area contributed by atoms with Crippen LogP contribution in [0.3, 0.4) is 0 Å². The molecule has 11 rings (SSSR count). The number of hydrogen-bond donors (Lipinski definition) is 1. The molecular weight excluding hydrogens is 721 g/mol. The summed E-state index contributed by atoms with van der Waals surface area (Å²) in [7, 11) is 1.64. The minimum absolute atomic E-state index is 0.584. The van der Waals surface area contributed by atoms with Gasteiger partial charge in [-0.3, -0.25) is 0 Å². The number of aryl methyl sites for hydroxylation is 1. The predicted octanol–water partition coefficient (Wildman–Crippen LogP) is 13.9. The van der Waals surface area contributed by atoms with Crippen LogP contribution in [0, 0.1) is 6.92 Å². The van der Waals surface area contributed by atoms with Gasteiger partial charge in [0.1, 0.15) is 23.4 Å². The molecule has 3 nitrogen and oxygen atoms in total. The molecule has 0 spiro atoms. The fourth-order valence-corrected chi connectivity index (χ4v) is 9.43. The maximum Gasteiger partial charge on any atom is 0.128 e. The average molecular weight is 761 g/mol. The van der Waals surface area contributed by atoms with Gasteiger partial charge in [0.15, 0.2) is 0 Å². The van der Waals surface area contributed by atoms with Crippen LogP contribution >= 0.6 is 0 Å². The Bertz CT molecular complexity index is 3170. The molecule has 59 heavy (non-hydrogen) atoms. The first-order valence-corrected chi connectivity index (χ1v) is 20.2. The number of rotatable bonds is 7. The van der Waals surface area contributed by atoms with Gasteiger partial charge in [0.2, 0.25) is 0 Å². The summed E-state index contributed by atoms with van der Waals surface area (Å²) in [5.74, 6) is 2.21. The third-order valence-electron chi connectivity index (χ3n) is 12.4. The van der Waals surface area contributed by atoms with E-state index in [-0.39, 0.29) is 0 Å². The van der Waals surface area contributed by atoms with Crippen molar-refractivity contribution in [1.82, 2.24) is 0 Å². The van der Waals surface area contributed by atoms with Crippen LogP contribution in [-0.4, -0.2) is 12.2 Å². The van der Waals surface area contributed by atoms with E-state index in [1.54, 1.807) is 7.11 Å². The van der Waals surface area contributed by atoms with E-state index in [9.17, 15) is 5.11 Å². The maximum atomic E-state index is 11.0. The van der Waals surface area contributed by atoms with Crippen LogP contribution < -0.4 is 9.47 Å². The molecular formula is C56H40O3. The van der Waals surface area contributed by atoms with Gasteiger partial charge in [0.05, 0.1) is 12.5 Å². The highest BCUT2D eigenvalue weighted by Gasteiger charge is 2.46. The van der Waals surface area contributed by atoms with E-state index in [2.05, 4.69) is 153 Å². The molecule has 0 saturated heterocycles. The fourth-order valence-electron chi connectivity index (χ4n) is 9.43. The first-order chi connectivity index (χ1) is 28.9. The van der Waals surface area contributed by atoms with Crippen molar-refractivity contribution in [2.24, 2.45) is 0 Å². The Hall–Kier alpha value is -7.20. The number of fused-ring (bicyclic) bond motifs is 7. The lowest BCUT2D eigenvalue weighted by Gasteiger charge is -2.34. The quantitative estimate of drug-likeness (QED) is 0.176. The lowest BCUT2D eigenvalue weighted by Crippen LogP contribution is -2.28. The van der Waals surface area contributed by atoms with E-state index in [4.69, 9.17) is 9.47 Å². The Morgan fingerprint density at radius 3 is 1.37 bits per heavy atom. The zero-order valence-corrected chi connectivity index (χ0v) is 32.8. The molecule has 1 aliphatic carbocycles. The van der Waals surface area contributed by atoms with Gasteiger partial charge in [-0.05, 0) is 167 Å². The summed E-state index contributed by atoms with van der Waals surface area (Å²) in [5, 5.41) is 20.7. The van der Waals surface area contributed by atoms with Crippen molar-refractivity contribution >= 4 is 43.1 Å². The highest BCUT2D eigenvalue weighted by molar-refractivity contribution is 6.01. The highest BCUT2D eigenvalue weighted by atomic mass is 16.5. The molecule has 0 bridgehead atoms. The average Bonchev–Trinajstić information content (AvgIpc) is 3.55. The topological polar surface area (TPSA) is 38.7 Å². The summed E-state index contributed by atoms with van der Waals surface area (Å²) < 4.78 is 11.7. The summed E-state index contributed by atoms with van der Waals surface area (Å²) in [4.78, 5) is 0. The van der Waals surface area contributed by atoms with Gasteiger partial charge < -0.3 is 14.6 Å². The van der Waals surface area contributed by atoms with E-state index in [1.165, 1.54) is 71.3 Å². The zero-order chi connectivity index (χ0) is 39.7. The maximum absolute atomic E-state index is 11.0. The Labute approximate surface area is 343 Å². The highest BCUT2D eigenvalue weighted by Crippen LogP contribution is 2.58. The fraction of sp³-hybridized carbons (Fsp3) is 0.0714. The molecule has 1 aliphatic rings. The predicted molar refractivity (Wildman–Crippen MR) is 242 cm³/mol. The molecule has 0 aliphatic heterocycles. The molecule has 1 N–H and O–H groups in total. The molecule has 0 aromatic heterocycles. The van der Waals surface area contributed by atoms with Gasteiger partial charge in [-0.1, -0.05) is 127 Å². The Kier molecular flexibility index (Phi) is 8.14. The standard InChI is InChI=1S/C56H40O3/c1-35-11-12-43-28-46(20-13-42(43)27-35)56(53-33-40-9-5-3-7-38(40)31-51(53)52-32-39-8-4-6-10-41(39)34-54(52)56)47-21-14-45-30-50(26-19-44(45)29-47)59-49-24-17-37(18-25-49)55(57)36-15-22-48(58-2)23-16-36/h3-34,55,57H,1-2H3. The Morgan fingerprint density at radius 1 is 0.407 bits per heavy atom. The number of aliphatic hydroxyl groups is 1. The molecule has 0 amide bonds. The van der Waals surface area contributed by atoms with Gasteiger partial charge in [-0.2, -0.15) is 0 Å². The van der Waals surface area contributed by atoms with E-state index in [0.717, 1.165) is 33.4 Å². The normalized spacial score (nSPS) is 13.4. The number of methoxy groups -OCH3 is 1. The van der Waals surface area contributed by atoms with Crippen molar-refractivity contribution < 1.29 is 14.6 Å². The van der Waals surface area contributed by atoms with E-state index < -0.39 is 11.5 Å². The number of hydrogen-bond acceptors (Lipinski definition) is 3. The minimum atomic E-state index is -0.747. The van der Waals surface area contributed by atoms with E-state index >= 15 is 0 Å². The van der Waals surface area contributed by atoms with Gasteiger partial charge >= 0.3 is 0 Å². The largest absolute Gasteiger partial charge is 0.497 e. The monoisotopic (exact) mass is 760 g/mol. The van der Waals surface area contributed by atoms with Crippen molar-refractivity contribution in [3.8, 4) is 28.4 Å². The van der Waals surface area contributed by atoms with Gasteiger partial charge in [0.25, 0.3) is 0 Å². The second kappa shape index (κ2) is 13.7. The van der Waals surface area contributed by atoms with Crippen LogP contribution in [0.4, 0.5) is 0 Å². The second-order valence-corrected chi connectivity index (χ2v) is 15.9. The van der Waals surface area contributed by atoms with Crippen molar-refractivity contribution in [3.63, 3.8) is 0 Å². The lowest BCUT2D eigenvalue weighted by molar-refractivity contribution is 0.220. The van der Waals surface area contributed by atoms with E-state index in [0.29, 0.717) is 5.75 Å². The van der Waals surface area contributed by atoms with Crippen molar-refractivity contribution in [3.05, 3.63) is 233 Å². The summed E-state index contributed by atoms with van der Waals surface area (Å²) in [5.41, 5.74) is 9.89. The molecule has 282 valence electrons. The third kappa shape index (κ3) is 5.77. The van der Waals surface area contributed by atoms with Crippen LogP contribution in [-0.2, 0) is 5.41 Å². The van der Waals surface area contributed by atoms with E-state index in [1.807, 2.05) is 48.5 Å².